The van der Waals surface area contributed by atoms with E-state index in [4.69, 9.17) is 11.6 Å². The molecule has 0 aromatic heterocycles. The predicted molar refractivity (Wildman–Crippen MR) is 167 cm³/mol. The Bertz CT molecular complexity index is 1430. The predicted octanol–water partition coefficient (Wildman–Crippen LogP) is 5.96. The number of nitrogens with zero attached hydrogens (tertiary/aromatic N) is 2. The van der Waals surface area contributed by atoms with Gasteiger partial charge in [-0.2, -0.15) is 0 Å². The summed E-state index contributed by atoms with van der Waals surface area (Å²) in [5.41, 5.74) is 2.04. The van der Waals surface area contributed by atoms with Gasteiger partial charge in [0.25, 0.3) is 0 Å². The number of hydrogen-bond acceptors (Lipinski definition) is 4. The molecule has 3 aromatic carbocycles. The molecule has 1 fully saturated rings. The summed E-state index contributed by atoms with van der Waals surface area (Å²) in [7, 11) is -3.83. The van der Waals surface area contributed by atoms with E-state index < -0.39 is 28.5 Å². The summed E-state index contributed by atoms with van der Waals surface area (Å²) >= 11 is 9.53. The highest BCUT2D eigenvalue weighted by atomic mass is 79.9. The Balaban J connectivity index is 1.71. The van der Waals surface area contributed by atoms with E-state index in [0.29, 0.717) is 17.1 Å². The largest absolute Gasteiger partial charge is 0.352 e. The summed E-state index contributed by atoms with van der Waals surface area (Å²) in [5.74, 6) is -0.716. The van der Waals surface area contributed by atoms with Crippen LogP contribution in [0.5, 0.6) is 0 Å². The van der Waals surface area contributed by atoms with Crippen LogP contribution >= 0.6 is 27.5 Å². The van der Waals surface area contributed by atoms with E-state index in [1.54, 1.807) is 24.3 Å². The molecule has 2 amide bonds. The fraction of sp³-hybridized carbons (Fsp3) is 0.355. The van der Waals surface area contributed by atoms with Crippen molar-refractivity contribution < 1.29 is 18.0 Å². The van der Waals surface area contributed by atoms with Gasteiger partial charge in [0, 0.05) is 28.5 Å². The highest BCUT2D eigenvalue weighted by Crippen LogP contribution is 2.24. The van der Waals surface area contributed by atoms with Crippen molar-refractivity contribution >= 4 is 55.1 Å². The third-order valence-electron chi connectivity index (χ3n) is 7.26. The second kappa shape index (κ2) is 14.3. The third kappa shape index (κ3) is 9.05. The lowest BCUT2D eigenvalue weighted by Crippen LogP contribution is -2.55. The molecule has 4 rings (SSSR count). The van der Waals surface area contributed by atoms with E-state index in [1.165, 1.54) is 4.90 Å². The number of sulfonamides is 1. The van der Waals surface area contributed by atoms with Gasteiger partial charge in [-0.1, -0.05) is 89.3 Å². The number of anilines is 1. The molecular formula is C31H35BrClN3O4S. The summed E-state index contributed by atoms with van der Waals surface area (Å²) in [6.45, 7) is -0.331. The average molecular weight is 661 g/mol. The quantitative estimate of drug-likeness (QED) is 0.275. The first kappa shape index (κ1) is 31.1. The average Bonchev–Trinajstić information content (AvgIpc) is 2.94. The molecule has 41 heavy (non-hydrogen) atoms. The molecule has 218 valence electrons. The van der Waals surface area contributed by atoms with E-state index in [1.807, 2.05) is 54.6 Å². The van der Waals surface area contributed by atoms with Crippen LogP contribution in [0.2, 0.25) is 5.02 Å². The Morgan fingerprint density at radius 1 is 0.951 bits per heavy atom. The van der Waals surface area contributed by atoms with Crippen molar-refractivity contribution in [3.8, 4) is 0 Å². The van der Waals surface area contributed by atoms with Gasteiger partial charge in [-0.25, -0.2) is 8.42 Å². The van der Waals surface area contributed by atoms with Crippen LogP contribution in [0.4, 0.5) is 5.69 Å². The molecule has 1 atom stereocenters. The molecule has 0 spiro atoms. The van der Waals surface area contributed by atoms with Gasteiger partial charge >= 0.3 is 0 Å². The maximum atomic E-state index is 14.2. The van der Waals surface area contributed by atoms with Crippen molar-refractivity contribution in [2.75, 3.05) is 17.1 Å². The molecular weight excluding hydrogens is 626 g/mol. The topological polar surface area (TPSA) is 86.8 Å². The molecule has 1 N–H and O–H groups in total. The number of hydrogen-bond donors (Lipinski definition) is 1. The Labute approximate surface area is 256 Å². The molecule has 0 heterocycles. The number of nitrogens with one attached hydrogen (secondary N) is 1. The van der Waals surface area contributed by atoms with Crippen LogP contribution in [0.25, 0.3) is 0 Å². The van der Waals surface area contributed by atoms with Crippen LogP contribution in [0, 0.1) is 0 Å². The van der Waals surface area contributed by atoms with Gasteiger partial charge in [-0.05, 0) is 60.4 Å². The van der Waals surface area contributed by atoms with E-state index in [9.17, 15) is 18.0 Å². The number of carbonyl (C=O) groups is 2. The second-order valence-electron chi connectivity index (χ2n) is 10.4. The second-order valence-corrected chi connectivity index (χ2v) is 13.7. The van der Waals surface area contributed by atoms with E-state index in [-0.39, 0.29) is 18.5 Å². The summed E-state index contributed by atoms with van der Waals surface area (Å²) < 4.78 is 27.6. The summed E-state index contributed by atoms with van der Waals surface area (Å²) in [5, 5.41) is 3.66. The first-order valence-corrected chi connectivity index (χ1v) is 16.7. The minimum absolute atomic E-state index is 0.0546. The smallest absolute Gasteiger partial charge is 0.244 e. The first-order valence-electron chi connectivity index (χ1n) is 13.7. The zero-order valence-corrected chi connectivity index (χ0v) is 26.2. The zero-order chi connectivity index (χ0) is 29.4. The number of benzene rings is 3. The van der Waals surface area contributed by atoms with Gasteiger partial charge in [0.15, 0.2) is 0 Å². The van der Waals surface area contributed by atoms with Gasteiger partial charge in [-0.15, -0.1) is 0 Å². The van der Waals surface area contributed by atoms with Crippen LogP contribution in [0.1, 0.15) is 43.2 Å². The van der Waals surface area contributed by atoms with Crippen LogP contribution < -0.4 is 9.62 Å². The van der Waals surface area contributed by atoms with Crippen molar-refractivity contribution in [1.29, 1.82) is 0 Å². The number of amides is 2. The third-order valence-corrected chi connectivity index (χ3v) is 9.14. The van der Waals surface area contributed by atoms with Gasteiger partial charge in [0.05, 0.1) is 11.9 Å². The molecule has 7 nitrogen and oxygen atoms in total. The maximum absolute atomic E-state index is 14.2. The van der Waals surface area contributed by atoms with Crippen LogP contribution in [0.15, 0.2) is 83.3 Å². The molecule has 1 aliphatic rings. The first-order chi connectivity index (χ1) is 19.6. The van der Waals surface area contributed by atoms with Gasteiger partial charge in [0.2, 0.25) is 21.8 Å². The van der Waals surface area contributed by atoms with Crippen molar-refractivity contribution in [3.63, 3.8) is 0 Å². The Morgan fingerprint density at radius 2 is 1.61 bits per heavy atom. The lowest BCUT2D eigenvalue weighted by atomic mass is 9.94. The number of halogens is 2. The fourth-order valence-electron chi connectivity index (χ4n) is 5.15. The molecule has 10 heteroatoms. The standard InChI is InChI=1S/C31H35BrClN3O4S/c1-41(39,40)36(28-17-15-26(33)16-18-28)22-30(37)35(21-24-11-8-12-25(32)19-24)29(20-23-9-4-2-5-10-23)31(38)34-27-13-6-3-7-14-27/h2,4-5,8-12,15-19,27,29H,3,6-7,13-14,20-22H2,1H3,(H,34,38)/t29-/m1/s1. The molecule has 0 aliphatic heterocycles. The van der Waals surface area contributed by atoms with Crippen molar-refractivity contribution in [2.45, 2.75) is 57.2 Å². The lowest BCUT2D eigenvalue weighted by Gasteiger charge is -2.35. The van der Waals surface area contributed by atoms with E-state index in [2.05, 4.69) is 21.2 Å². The number of carbonyl (C=O) groups excluding carboxylic acids is 2. The summed E-state index contributed by atoms with van der Waals surface area (Å²) in [4.78, 5) is 29.6. The monoisotopic (exact) mass is 659 g/mol. The van der Waals surface area contributed by atoms with E-state index >= 15 is 0 Å². The highest BCUT2D eigenvalue weighted by Gasteiger charge is 2.34. The maximum Gasteiger partial charge on any atom is 0.244 e. The molecule has 3 aromatic rings. The van der Waals surface area contributed by atoms with Crippen molar-refractivity contribution in [2.24, 2.45) is 0 Å². The summed E-state index contributed by atoms with van der Waals surface area (Å²) in [6, 6.07) is 22.6. The van der Waals surface area contributed by atoms with Crippen molar-refractivity contribution in [1.82, 2.24) is 10.2 Å². The van der Waals surface area contributed by atoms with Crippen LogP contribution in [0.3, 0.4) is 0 Å². The SMILES string of the molecule is CS(=O)(=O)N(CC(=O)N(Cc1cccc(Br)c1)[C@H](Cc1ccccc1)C(=O)NC1CCCCC1)c1ccc(Cl)cc1. The normalized spacial score (nSPS) is 14.7. The minimum atomic E-state index is -3.83. The number of rotatable bonds is 11. The molecule has 0 unspecified atom stereocenters. The lowest BCUT2D eigenvalue weighted by molar-refractivity contribution is -0.140. The van der Waals surface area contributed by atoms with Crippen molar-refractivity contribution in [3.05, 3.63) is 99.5 Å². The van der Waals surface area contributed by atoms with Crippen LogP contribution in [-0.4, -0.2) is 50.0 Å². The molecule has 0 saturated heterocycles. The van der Waals surface area contributed by atoms with Crippen LogP contribution in [-0.2, 0) is 32.6 Å². The Kier molecular flexibility index (Phi) is 10.9. The van der Waals surface area contributed by atoms with Gasteiger partial charge in [0.1, 0.15) is 12.6 Å². The zero-order valence-electron chi connectivity index (χ0n) is 23.0. The van der Waals surface area contributed by atoms with E-state index in [0.717, 1.165) is 58.3 Å². The minimum Gasteiger partial charge on any atom is -0.352 e. The Hall–Kier alpha value is -2.88. The van der Waals surface area contributed by atoms with Gasteiger partial charge in [-0.3, -0.25) is 13.9 Å². The Morgan fingerprint density at radius 3 is 2.24 bits per heavy atom. The molecule has 0 radical (unpaired) electrons. The molecule has 1 saturated carbocycles. The summed E-state index contributed by atoms with van der Waals surface area (Å²) in [6.07, 6.45) is 6.42. The molecule has 0 bridgehead atoms. The fourth-order valence-corrected chi connectivity index (χ4v) is 6.57. The highest BCUT2D eigenvalue weighted by molar-refractivity contribution is 9.10. The van der Waals surface area contributed by atoms with Gasteiger partial charge < -0.3 is 10.2 Å². The molecule has 1 aliphatic carbocycles.